The number of nitrogens with one attached hydrogen (secondary N) is 1. The summed E-state index contributed by atoms with van der Waals surface area (Å²) in [4.78, 5) is 4.17. The summed E-state index contributed by atoms with van der Waals surface area (Å²) < 4.78 is 16.0. The van der Waals surface area contributed by atoms with Crippen molar-refractivity contribution in [1.29, 1.82) is 0 Å². The molecule has 1 fully saturated rings. The molecule has 0 amide bonds. The SMILES string of the molecule is CC(C)n1ncnc1CC(F)C1CCNCC1. The molecular weight excluding hydrogens is 219 g/mol. The second-order valence-electron chi connectivity index (χ2n) is 5.02. The molecule has 17 heavy (non-hydrogen) atoms. The topological polar surface area (TPSA) is 42.7 Å². The smallest absolute Gasteiger partial charge is 0.138 e. The van der Waals surface area contributed by atoms with Gasteiger partial charge in [0.1, 0.15) is 18.3 Å². The summed E-state index contributed by atoms with van der Waals surface area (Å²) in [6, 6.07) is 0.243. The minimum atomic E-state index is -0.793. The molecule has 5 heteroatoms. The van der Waals surface area contributed by atoms with Gasteiger partial charge in [0.2, 0.25) is 0 Å². The fourth-order valence-corrected chi connectivity index (χ4v) is 2.40. The van der Waals surface area contributed by atoms with E-state index in [-0.39, 0.29) is 12.0 Å². The van der Waals surface area contributed by atoms with E-state index in [0.29, 0.717) is 6.42 Å². The van der Waals surface area contributed by atoms with Crippen LogP contribution in [0.1, 0.15) is 38.6 Å². The van der Waals surface area contributed by atoms with E-state index < -0.39 is 6.17 Å². The first-order valence-corrected chi connectivity index (χ1v) is 6.41. The Labute approximate surface area is 102 Å². The van der Waals surface area contributed by atoms with Gasteiger partial charge in [0.05, 0.1) is 0 Å². The van der Waals surface area contributed by atoms with Crippen LogP contribution in [0.5, 0.6) is 0 Å². The lowest BCUT2D eigenvalue weighted by atomic mass is 9.91. The predicted octanol–water partition coefficient (Wildman–Crippen LogP) is 1.74. The van der Waals surface area contributed by atoms with Gasteiger partial charge in [-0.15, -0.1) is 0 Å². The molecule has 2 heterocycles. The number of hydrogen-bond donors (Lipinski definition) is 1. The van der Waals surface area contributed by atoms with Crippen molar-refractivity contribution in [2.24, 2.45) is 5.92 Å². The van der Waals surface area contributed by atoms with E-state index in [1.165, 1.54) is 6.33 Å². The average Bonchev–Trinajstić information content (AvgIpc) is 2.78. The molecule has 0 spiro atoms. The number of hydrogen-bond acceptors (Lipinski definition) is 3. The first-order valence-electron chi connectivity index (χ1n) is 6.41. The minimum Gasteiger partial charge on any atom is -0.317 e. The van der Waals surface area contributed by atoms with Gasteiger partial charge in [-0.25, -0.2) is 14.1 Å². The Morgan fingerprint density at radius 1 is 1.47 bits per heavy atom. The lowest BCUT2D eigenvalue weighted by molar-refractivity contribution is 0.182. The van der Waals surface area contributed by atoms with E-state index in [2.05, 4.69) is 15.4 Å². The average molecular weight is 240 g/mol. The lowest BCUT2D eigenvalue weighted by Crippen LogP contribution is -2.33. The Morgan fingerprint density at radius 2 is 2.18 bits per heavy atom. The van der Waals surface area contributed by atoms with Crippen molar-refractivity contribution in [3.8, 4) is 0 Å². The molecule has 1 atom stereocenters. The normalized spacial score (nSPS) is 19.8. The van der Waals surface area contributed by atoms with Crippen LogP contribution in [-0.2, 0) is 6.42 Å². The Hall–Kier alpha value is -0.970. The molecule has 1 unspecified atom stereocenters. The summed E-state index contributed by atoms with van der Waals surface area (Å²) in [5.74, 6) is 0.944. The number of halogens is 1. The van der Waals surface area contributed by atoms with E-state index in [1.807, 2.05) is 18.5 Å². The van der Waals surface area contributed by atoms with Crippen LogP contribution in [0, 0.1) is 5.92 Å². The maximum atomic E-state index is 14.2. The van der Waals surface area contributed by atoms with Crippen molar-refractivity contribution in [3.63, 3.8) is 0 Å². The van der Waals surface area contributed by atoms with Crippen LogP contribution in [0.3, 0.4) is 0 Å². The predicted molar refractivity (Wildman–Crippen MR) is 64.6 cm³/mol. The van der Waals surface area contributed by atoms with Crippen LogP contribution in [0.2, 0.25) is 0 Å². The third-order valence-electron chi connectivity index (χ3n) is 3.41. The maximum Gasteiger partial charge on any atom is 0.138 e. The fourth-order valence-electron chi connectivity index (χ4n) is 2.40. The largest absolute Gasteiger partial charge is 0.317 e. The molecule has 1 aromatic rings. The van der Waals surface area contributed by atoms with E-state index >= 15 is 0 Å². The summed E-state index contributed by atoms with van der Waals surface area (Å²) >= 11 is 0. The molecule has 4 nitrogen and oxygen atoms in total. The van der Waals surface area contributed by atoms with Crippen molar-refractivity contribution >= 4 is 0 Å². The number of nitrogens with zero attached hydrogens (tertiary/aromatic N) is 3. The highest BCUT2D eigenvalue weighted by Crippen LogP contribution is 2.22. The van der Waals surface area contributed by atoms with Gasteiger partial charge in [0.15, 0.2) is 0 Å². The Balaban J connectivity index is 1.97. The second-order valence-corrected chi connectivity index (χ2v) is 5.02. The van der Waals surface area contributed by atoms with Gasteiger partial charge in [-0.3, -0.25) is 0 Å². The van der Waals surface area contributed by atoms with Crippen molar-refractivity contribution in [2.75, 3.05) is 13.1 Å². The first kappa shape index (κ1) is 12.5. The summed E-state index contributed by atoms with van der Waals surface area (Å²) in [7, 11) is 0. The molecule has 1 aromatic heterocycles. The van der Waals surface area contributed by atoms with Crippen LogP contribution in [0.4, 0.5) is 4.39 Å². The van der Waals surface area contributed by atoms with Gasteiger partial charge in [-0.2, -0.15) is 5.10 Å². The van der Waals surface area contributed by atoms with Gasteiger partial charge in [-0.1, -0.05) is 0 Å². The summed E-state index contributed by atoms with van der Waals surface area (Å²) in [5, 5.41) is 7.40. The van der Waals surface area contributed by atoms with Gasteiger partial charge >= 0.3 is 0 Å². The Morgan fingerprint density at radius 3 is 2.82 bits per heavy atom. The molecular formula is C12H21FN4. The quantitative estimate of drug-likeness (QED) is 0.871. The third-order valence-corrected chi connectivity index (χ3v) is 3.41. The first-order chi connectivity index (χ1) is 8.18. The van der Waals surface area contributed by atoms with Crippen LogP contribution >= 0.6 is 0 Å². The highest BCUT2D eigenvalue weighted by atomic mass is 19.1. The lowest BCUT2D eigenvalue weighted by Gasteiger charge is -2.25. The number of piperidine rings is 1. The van der Waals surface area contributed by atoms with Crippen LogP contribution in [-0.4, -0.2) is 34.0 Å². The standard InChI is InChI=1S/C12H21FN4/c1-9(2)17-12(15-8-16-17)7-11(13)10-3-5-14-6-4-10/h8-11,14H,3-7H2,1-2H3. The van der Waals surface area contributed by atoms with E-state index in [0.717, 1.165) is 31.8 Å². The molecule has 0 bridgehead atoms. The van der Waals surface area contributed by atoms with Crippen LogP contribution in [0.25, 0.3) is 0 Å². The molecule has 0 aromatic carbocycles. The summed E-state index contributed by atoms with van der Waals surface area (Å²) in [5.41, 5.74) is 0. The van der Waals surface area contributed by atoms with Gasteiger partial charge in [0, 0.05) is 12.5 Å². The zero-order valence-corrected chi connectivity index (χ0v) is 10.6. The zero-order valence-electron chi connectivity index (χ0n) is 10.6. The van der Waals surface area contributed by atoms with Crippen LogP contribution in [0.15, 0.2) is 6.33 Å². The Kier molecular flexibility index (Phi) is 4.10. The van der Waals surface area contributed by atoms with E-state index in [4.69, 9.17) is 0 Å². The van der Waals surface area contributed by atoms with Gasteiger partial charge in [-0.05, 0) is 45.7 Å². The zero-order chi connectivity index (χ0) is 12.3. The summed E-state index contributed by atoms with van der Waals surface area (Å²) in [6.45, 7) is 5.94. The van der Waals surface area contributed by atoms with E-state index in [9.17, 15) is 4.39 Å². The minimum absolute atomic E-state index is 0.175. The molecule has 1 aliphatic rings. The molecule has 0 radical (unpaired) electrons. The molecule has 0 aliphatic carbocycles. The van der Waals surface area contributed by atoms with Gasteiger partial charge < -0.3 is 5.32 Å². The van der Waals surface area contributed by atoms with Crippen molar-refractivity contribution < 1.29 is 4.39 Å². The number of aromatic nitrogens is 3. The third kappa shape index (κ3) is 3.03. The van der Waals surface area contributed by atoms with E-state index in [1.54, 1.807) is 0 Å². The molecule has 0 saturated carbocycles. The van der Waals surface area contributed by atoms with Gasteiger partial charge in [0.25, 0.3) is 0 Å². The highest BCUT2D eigenvalue weighted by molar-refractivity contribution is 4.91. The number of rotatable bonds is 4. The van der Waals surface area contributed by atoms with Crippen molar-refractivity contribution in [3.05, 3.63) is 12.2 Å². The molecule has 1 N–H and O–H groups in total. The molecule has 96 valence electrons. The summed E-state index contributed by atoms with van der Waals surface area (Å²) in [6.07, 6.45) is 2.97. The van der Waals surface area contributed by atoms with Crippen LogP contribution < -0.4 is 5.32 Å². The number of alkyl halides is 1. The fraction of sp³-hybridized carbons (Fsp3) is 0.833. The molecule has 2 rings (SSSR count). The molecule has 1 saturated heterocycles. The Bertz CT molecular complexity index is 344. The highest BCUT2D eigenvalue weighted by Gasteiger charge is 2.25. The monoisotopic (exact) mass is 240 g/mol. The molecule has 1 aliphatic heterocycles. The maximum absolute atomic E-state index is 14.2. The van der Waals surface area contributed by atoms with Crippen molar-refractivity contribution in [1.82, 2.24) is 20.1 Å². The van der Waals surface area contributed by atoms with Crippen molar-refractivity contribution in [2.45, 2.75) is 45.3 Å². The second kappa shape index (κ2) is 5.58.